The molecule has 0 unspecified atom stereocenters. The van der Waals surface area contributed by atoms with E-state index in [0.29, 0.717) is 0 Å². The van der Waals surface area contributed by atoms with Crippen molar-refractivity contribution in [3.05, 3.63) is 24.5 Å². The van der Waals surface area contributed by atoms with Gasteiger partial charge in [0.2, 0.25) is 5.91 Å². The lowest BCUT2D eigenvalue weighted by Gasteiger charge is -1.94. The molecule has 0 radical (unpaired) electrons. The molecule has 1 rings (SSSR count). The first-order valence-electron chi connectivity index (χ1n) is 2.93. The summed E-state index contributed by atoms with van der Waals surface area (Å²) in [6, 6.07) is 0. The minimum Gasteiger partial charge on any atom is -0.497 e. The van der Waals surface area contributed by atoms with E-state index in [4.69, 9.17) is 4.74 Å². The first-order chi connectivity index (χ1) is 4.73. The molecule has 0 fully saturated rings. The van der Waals surface area contributed by atoms with Crippen LogP contribution in [0.15, 0.2) is 24.5 Å². The SMILES string of the molecule is C1=CCOC=C1.CC(N)=O. The number of allylic oxidation sites excluding steroid dienone is 2. The van der Waals surface area contributed by atoms with Crippen molar-refractivity contribution in [1.29, 1.82) is 0 Å². The molecule has 3 nitrogen and oxygen atoms in total. The molecule has 0 saturated carbocycles. The summed E-state index contributed by atoms with van der Waals surface area (Å²) < 4.78 is 4.80. The van der Waals surface area contributed by atoms with Gasteiger partial charge in [-0.15, -0.1) is 0 Å². The summed E-state index contributed by atoms with van der Waals surface area (Å²) >= 11 is 0. The predicted molar refractivity (Wildman–Crippen MR) is 39.1 cm³/mol. The standard InChI is InChI=1S/C5H6O.C2H5NO/c1-2-4-6-5-3-1;1-2(3)4/h1-4H,5H2;1H3,(H2,3,4). The maximum atomic E-state index is 9.22. The molecule has 56 valence electrons. The molecule has 0 aromatic carbocycles. The third-order valence-electron chi connectivity index (χ3n) is 0.614. The van der Waals surface area contributed by atoms with E-state index in [1.54, 1.807) is 6.26 Å². The van der Waals surface area contributed by atoms with Crippen molar-refractivity contribution < 1.29 is 9.53 Å². The average Bonchev–Trinajstić information content (AvgIpc) is 1.90. The maximum Gasteiger partial charge on any atom is 0.214 e. The zero-order chi connectivity index (χ0) is 7.82. The fourth-order valence-electron chi connectivity index (χ4n) is 0.346. The molecule has 0 spiro atoms. The van der Waals surface area contributed by atoms with Crippen LogP contribution >= 0.6 is 0 Å². The zero-order valence-electron chi connectivity index (χ0n) is 5.91. The number of amides is 1. The summed E-state index contributed by atoms with van der Waals surface area (Å²) in [4.78, 5) is 9.22. The molecule has 0 aliphatic carbocycles. The zero-order valence-corrected chi connectivity index (χ0v) is 5.91. The third kappa shape index (κ3) is 9.89. The molecule has 0 aromatic rings. The lowest BCUT2D eigenvalue weighted by Crippen LogP contribution is -2.01. The molecule has 3 heteroatoms. The van der Waals surface area contributed by atoms with E-state index in [0.717, 1.165) is 6.61 Å². The first kappa shape index (κ1) is 8.75. The van der Waals surface area contributed by atoms with Crippen LogP contribution in [-0.2, 0) is 9.53 Å². The Labute approximate surface area is 60.2 Å². The van der Waals surface area contributed by atoms with Crippen molar-refractivity contribution in [2.45, 2.75) is 6.92 Å². The van der Waals surface area contributed by atoms with Crippen molar-refractivity contribution in [3.8, 4) is 0 Å². The molecule has 0 bridgehead atoms. The minimum absolute atomic E-state index is 0.333. The number of rotatable bonds is 0. The summed E-state index contributed by atoms with van der Waals surface area (Å²) in [5.41, 5.74) is 4.47. The summed E-state index contributed by atoms with van der Waals surface area (Å²) in [5, 5.41) is 0. The summed E-state index contributed by atoms with van der Waals surface area (Å²) in [6.45, 7) is 2.04. The maximum absolute atomic E-state index is 9.22. The average molecular weight is 141 g/mol. The highest BCUT2D eigenvalue weighted by Crippen LogP contribution is 1.87. The number of carbonyl (C=O) groups excluding carboxylic acids is 1. The second-order valence-corrected chi connectivity index (χ2v) is 1.70. The fourth-order valence-corrected chi connectivity index (χ4v) is 0.346. The van der Waals surface area contributed by atoms with Crippen LogP contribution in [0.5, 0.6) is 0 Å². The second kappa shape index (κ2) is 5.88. The Kier molecular flexibility index (Phi) is 5.14. The van der Waals surface area contributed by atoms with Crippen LogP contribution in [0.2, 0.25) is 0 Å². The van der Waals surface area contributed by atoms with E-state index in [9.17, 15) is 4.79 Å². The Morgan fingerprint density at radius 2 is 2.20 bits per heavy atom. The fraction of sp³-hybridized carbons (Fsp3) is 0.286. The summed E-state index contributed by atoms with van der Waals surface area (Å²) in [6.07, 6.45) is 7.47. The van der Waals surface area contributed by atoms with Gasteiger partial charge in [-0.1, -0.05) is 6.08 Å². The van der Waals surface area contributed by atoms with E-state index < -0.39 is 0 Å². The number of ether oxygens (including phenoxy) is 1. The molecule has 0 saturated heterocycles. The van der Waals surface area contributed by atoms with Gasteiger partial charge in [0.1, 0.15) is 6.61 Å². The van der Waals surface area contributed by atoms with E-state index in [1.165, 1.54) is 6.92 Å². The van der Waals surface area contributed by atoms with Gasteiger partial charge >= 0.3 is 0 Å². The summed E-state index contributed by atoms with van der Waals surface area (Å²) in [7, 11) is 0. The molecule has 0 atom stereocenters. The monoisotopic (exact) mass is 141 g/mol. The van der Waals surface area contributed by atoms with Crippen LogP contribution in [-0.4, -0.2) is 12.5 Å². The second-order valence-electron chi connectivity index (χ2n) is 1.70. The van der Waals surface area contributed by atoms with Crippen LogP contribution in [0.25, 0.3) is 0 Å². The van der Waals surface area contributed by atoms with E-state index >= 15 is 0 Å². The number of nitrogens with two attached hydrogens (primary N) is 1. The molecule has 1 aliphatic heterocycles. The van der Waals surface area contributed by atoms with Crippen molar-refractivity contribution in [2.75, 3.05) is 6.61 Å². The quantitative estimate of drug-likeness (QED) is 0.536. The molecule has 1 amide bonds. The number of hydrogen-bond acceptors (Lipinski definition) is 2. The largest absolute Gasteiger partial charge is 0.497 e. The van der Waals surface area contributed by atoms with E-state index in [2.05, 4.69) is 5.73 Å². The van der Waals surface area contributed by atoms with Gasteiger partial charge in [0.15, 0.2) is 0 Å². The third-order valence-corrected chi connectivity index (χ3v) is 0.614. The van der Waals surface area contributed by atoms with Gasteiger partial charge in [0.05, 0.1) is 6.26 Å². The van der Waals surface area contributed by atoms with E-state index in [1.807, 2.05) is 18.2 Å². The van der Waals surface area contributed by atoms with E-state index in [-0.39, 0.29) is 5.91 Å². The van der Waals surface area contributed by atoms with Crippen LogP contribution in [0, 0.1) is 0 Å². The van der Waals surface area contributed by atoms with Crippen LogP contribution in [0.4, 0.5) is 0 Å². The lowest BCUT2D eigenvalue weighted by molar-refractivity contribution is -0.115. The molecule has 10 heavy (non-hydrogen) atoms. The molecule has 2 N–H and O–H groups in total. The molecular weight excluding hydrogens is 130 g/mol. The van der Waals surface area contributed by atoms with Crippen molar-refractivity contribution >= 4 is 5.91 Å². The van der Waals surface area contributed by atoms with Gasteiger partial charge < -0.3 is 10.5 Å². The van der Waals surface area contributed by atoms with Crippen molar-refractivity contribution in [1.82, 2.24) is 0 Å². The molecule has 0 aromatic heterocycles. The van der Waals surface area contributed by atoms with Crippen molar-refractivity contribution in [3.63, 3.8) is 0 Å². The molecular formula is C7H11NO2. The highest BCUT2D eigenvalue weighted by molar-refractivity contribution is 5.70. The Balaban J connectivity index is 0.000000180. The normalized spacial score (nSPS) is 12.9. The number of hydrogen-bond donors (Lipinski definition) is 1. The van der Waals surface area contributed by atoms with Gasteiger partial charge in [0, 0.05) is 6.92 Å². The van der Waals surface area contributed by atoms with Gasteiger partial charge in [-0.25, -0.2) is 0 Å². The highest BCUT2D eigenvalue weighted by atomic mass is 16.5. The Hall–Kier alpha value is -1.25. The van der Waals surface area contributed by atoms with Crippen molar-refractivity contribution in [2.24, 2.45) is 5.73 Å². The highest BCUT2D eigenvalue weighted by Gasteiger charge is 1.75. The number of primary amides is 1. The number of carbonyl (C=O) groups is 1. The van der Waals surface area contributed by atoms with Gasteiger partial charge in [-0.05, 0) is 12.2 Å². The lowest BCUT2D eigenvalue weighted by atomic mass is 10.5. The minimum atomic E-state index is -0.333. The Bertz CT molecular complexity index is 134. The predicted octanol–water partition coefficient (Wildman–Crippen LogP) is 0.578. The topological polar surface area (TPSA) is 52.3 Å². The molecule has 1 heterocycles. The summed E-state index contributed by atoms with van der Waals surface area (Å²) in [5.74, 6) is -0.333. The van der Waals surface area contributed by atoms with Gasteiger partial charge in [0.25, 0.3) is 0 Å². The van der Waals surface area contributed by atoms with Gasteiger partial charge in [-0.2, -0.15) is 0 Å². The smallest absolute Gasteiger partial charge is 0.214 e. The van der Waals surface area contributed by atoms with Crippen LogP contribution in [0.3, 0.4) is 0 Å². The van der Waals surface area contributed by atoms with Crippen LogP contribution in [0.1, 0.15) is 6.92 Å². The Morgan fingerprint density at radius 1 is 1.60 bits per heavy atom. The first-order valence-corrected chi connectivity index (χ1v) is 2.93. The van der Waals surface area contributed by atoms with Gasteiger partial charge in [-0.3, -0.25) is 4.79 Å². The van der Waals surface area contributed by atoms with Crippen LogP contribution < -0.4 is 5.73 Å². The molecule has 1 aliphatic rings. The Morgan fingerprint density at radius 3 is 2.30 bits per heavy atom.